The van der Waals surface area contributed by atoms with E-state index in [1.807, 2.05) is 19.1 Å². The number of halogens is 1. The van der Waals surface area contributed by atoms with E-state index in [4.69, 9.17) is 0 Å². The molecule has 0 fully saturated rings. The Labute approximate surface area is 140 Å². The van der Waals surface area contributed by atoms with Gasteiger partial charge in [-0.05, 0) is 37.3 Å². The molecule has 6 heteroatoms. The lowest BCUT2D eigenvalue weighted by atomic mass is 10.1. The zero-order valence-electron chi connectivity index (χ0n) is 13.0. The summed E-state index contributed by atoms with van der Waals surface area (Å²) in [7, 11) is -3.35. The Balaban J connectivity index is 2.05. The third-order valence-electron chi connectivity index (χ3n) is 3.88. The van der Waals surface area contributed by atoms with E-state index in [2.05, 4.69) is 0 Å². The van der Waals surface area contributed by atoms with Crippen LogP contribution in [0.1, 0.15) is 15.9 Å². The van der Waals surface area contributed by atoms with Crippen molar-refractivity contribution in [1.82, 2.24) is 0 Å². The molecule has 0 aliphatic carbocycles. The minimum atomic E-state index is -3.35. The summed E-state index contributed by atoms with van der Waals surface area (Å²) in [5, 5.41) is 1.10. The highest BCUT2D eigenvalue weighted by molar-refractivity contribution is 7.94. The number of hydrogen-bond donors (Lipinski definition) is 0. The lowest BCUT2D eigenvalue weighted by Crippen LogP contribution is -2.41. The number of rotatable bonds is 3. The van der Waals surface area contributed by atoms with Gasteiger partial charge in [0.1, 0.15) is 5.82 Å². The van der Waals surface area contributed by atoms with Crippen molar-refractivity contribution in [1.29, 1.82) is 0 Å². The van der Waals surface area contributed by atoms with E-state index in [1.54, 1.807) is 18.2 Å². The highest BCUT2D eigenvalue weighted by Crippen LogP contribution is 2.26. The predicted molar refractivity (Wildman–Crippen MR) is 91.1 cm³/mol. The van der Waals surface area contributed by atoms with Crippen LogP contribution in [0.4, 0.5) is 10.1 Å². The molecule has 0 spiro atoms. The summed E-state index contributed by atoms with van der Waals surface area (Å²) in [5.41, 5.74) is 1.45. The second kappa shape index (κ2) is 6.20. The van der Waals surface area contributed by atoms with E-state index in [9.17, 15) is 17.6 Å². The number of aryl methyl sites for hydroxylation is 1. The van der Waals surface area contributed by atoms with Crippen LogP contribution < -0.4 is 4.90 Å². The number of hydrogen-bond acceptors (Lipinski definition) is 3. The first-order valence-electron chi connectivity index (χ1n) is 7.43. The van der Waals surface area contributed by atoms with Gasteiger partial charge in [-0.1, -0.05) is 29.8 Å². The molecule has 0 radical (unpaired) electrons. The van der Waals surface area contributed by atoms with Gasteiger partial charge >= 0.3 is 0 Å². The van der Waals surface area contributed by atoms with Crippen LogP contribution >= 0.6 is 0 Å². The predicted octanol–water partition coefficient (Wildman–Crippen LogP) is 3.09. The van der Waals surface area contributed by atoms with Crippen LogP contribution in [0.15, 0.2) is 60.0 Å². The molecule has 1 atom stereocenters. The lowest BCUT2D eigenvalue weighted by Gasteiger charge is -2.28. The fourth-order valence-corrected chi connectivity index (χ4v) is 3.92. The summed E-state index contributed by atoms with van der Waals surface area (Å²) >= 11 is 0. The first-order valence-corrected chi connectivity index (χ1v) is 9.15. The standard InChI is InChI=1S/C18H16FNO3S/c1-13-6-8-14(9-7-13)20(15-10-11-24(22,23)12-15)18(21)16-4-2-3-5-17(16)19/h2-11,15H,12H2,1H3/t15-/m1/s1. The van der Waals surface area contributed by atoms with Crippen LogP contribution in [-0.2, 0) is 9.84 Å². The SMILES string of the molecule is Cc1ccc(N(C(=O)c2ccccc2F)[C@@H]2C=CS(=O)(=O)C2)cc1. The molecule has 0 bridgehead atoms. The Morgan fingerprint density at radius 1 is 1.12 bits per heavy atom. The molecule has 2 aromatic carbocycles. The monoisotopic (exact) mass is 345 g/mol. The van der Waals surface area contributed by atoms with E-state index in [0.717, 1.165) is 11.0 Å². The quantitative estimate of drug-likeness (QED) is 0.859. The zero-order valence-corrected chi connectivity index (χ0v) is 13.8. The third kappa shape index (κ3) is 3.23. The van der Waals surface area contributed by atoms with Gasteiger partial charge in [-0.25, -0.2) is 12.8 Å². The first kappa shape index (κ1) is 16.4. The summed E-state index contributed by atoms with van der Waals surface area (Å²) in [6.07, 6.45) is 1.47. The van der Waals surface area contributed by atoms with Crippen molar-refractivity contribution in [2.75, 3.05) is 10.7 Å². The Morgan fingerprint density at radius 2 is 1.79 bits per heavy atom. The molecule has 24 heavy (non-hydrogen) atoms. The molecular formula is C18H16FNO3S. The summed E-state index contributed by atoms with van der Waals surface area (Å²) in [4.78, 5) is 14.2. The Bertz CT molecular complexity index is 904. The second-order valence-electron chi connectivity index (χ2n) is 5.72. The van der Waals surface area contributed by atoms with Gasteiger partial charge in [-0.2, -0.15) is 0 Å². The summed E-state index contributed by atoms with van der Waals surface area (Å²) < 4.78 is 37.6. The minimum absolute atomic E-state index is 0.0872. The van der Waals surface area contributed by atoms with Crippen molar-refractivity contribution in [2.24, 2.45) is 0 Å². The van der Waals surface area contributed by atoms with E-state index in [-0.39, 0.29) is 11.3 Å². The molecule has 4 nitrogen and oxygen atoms in total. The molecule has 1 heterocycles. The summed E-state index contributed by atoms with van der Waals surface area (Å²) in [6.45, 7) is 1.91. The molecule has 1 amide bonds. The van der Waals surface area contributed by atoms with Gasteiger partial charge in [0.25, 0.3) is 5.91 Å². The van der Waals surface area contributed by atoms with Gasteiger partial charge in [0.05, 0.1) is 17.4 Å². The average Bonchev–Trinajstić information content (AvgIpc) is 2.89. The number of benzene rings is 2. The van der Waals surface area contributed by atoms with E-state index in [0.29, 0.717) is 5.69 Å². The molecular weight excluding hydrogens is 329 g/mol. The fraction of sp³-hybridized carbons (Fsp3) is 0.167. The maximum Gasteiger partial charge on any atom is 0.261 e. The van der Waals surface area contributed by atoms with Gasteiger partial charge in [-0.15, -0.1) is 0 Å². The second-order valence-corrected chi connectivity index (χ2v) is 7.65. The minimum Gasteiger partial charge on any atom is -0.300 e. The molecule has 124 valence electrons. The van der Waals surface area contributed by atoms with Crippen molar-refractivity contribution in [3.8, 4) is 0 Å². The topological polar surface area (TPSA) is 54.5 Å². The van der Waals surface area contributed by atoms with Crippen molar-refractivity contribution < 1.29 is 17.6 Å². The normalized spacial score (nSPS) is 18.5. The Morgan fingerprint density at radius 3 is 2.38 bits per heavy atom. The van der Waals surface area contributed by atoms with Crippen molar-refractivity contribution in [3.05, 3.63) is 77.0 Å². The van der Waals surface area contributed by atoms with E-state index in [1.165, 1.54) is 29.2 Å². The van der Waals surface area contributed by atoms with Gasteiger partial charge < -0.3 is 4.90 Å². The molecule has 0 saturated heterocycles. The number of carbonyl (C=O) groups excluding carboxylic acids is 1. The van der Waals surface area contributed by atoms with Crippen LogP contribution in [0.2, 0.25) is 0 Å². The molecule has 0 N–H and O–H groups in total. The molecule has 1 aliphatic heterocycles. The van der Waals surface area contributed by atoms with E-state index < -0.39 is 27.6 Å². The largest absolute Gasteiger partial charge is 0.300 e. The van der Waals surface area contributed by atoms with Crippen molar-refractivity contribution >= 4 is 21.4 Å². The number of sulfone groups is 1. The summed E-state index contributed by atoms with van der Waals surface area (Å²) in [6, 6.07) is 12.1. The summed E-state index contributed by atoms with van der Waals surface area (Å²) in [5.74, 6) is -1.41. The van der Waals surface area contributed by atoms with Crippen molar-refractivity contribution in [3.63, 3.8) is 0 Å². The number of amides is 1. The molecule has 1 aliphatic rings. The van der Waals surface area contributed by atoms with Gasteiger partial charge in [0.15, 0.2) is 9.84 Å². The third-order valence-corrected chi connectivity index (χ3v) is 5.26. The average molecular weight is 345 g/mol. The van der Waals surface area contributed by atoms with E-state index >= 15 is 0 Å². The van der Waals surface area contributed by atoms with Crippen LogP contribution in [-0.4, -0.2) is 26.1 Å². The molecule has 0 unspecified atom stereocenters. The van der Waals surface area contributed by atoms with Gasteiger partial charge in [0, 0.05) is 11.1 Å². The molecule has 0 aromatic heterocycles. The number of anilines is 1. The van der Waals surface area contributed by atoms with Gasteiger partial charge in [0.2, 0.25) is 0 Å². The number of nitrogens with zero attached hydrogens (tertiary/aromatic N) is 1. The Kier molecular flexibility index (Phi) is 4.24. The smallest absolute Gasteiger partial charge is 0.261 e. The van der Waals surface area contributed by atoms with Crippen LogP contribution in [0.25, 0.3) is 0 Å². The maximum atomic E-state index is 14.0. The highest BCUT2D eigenvalue weighted by atomic mass is 32.2. The fourth-order valence-electron chi connectivity index (χ4n) is 2.65. The van der Waals surface area contributed by atoms with Crippen LogP contribution in [0.5, 0.6) is 0 Å². The van der Waals surface area contributed by atoms with Crippen molar-refractivity contribution in [2.45, 2.75) is 13.0 Å². The molecule has 2 aromatic rings. The molecule has 0 saturated carbocycles. The number of carbonyl (C=O) groups is 1. The lowest BCUT2D eigenvalue weighted by molar-refractivity contribution is 0.0979. The maximum absolute atomic E-state index is 14.0. The Hall–Kier alpha value is -2.47. The zero-order chi connectivity index (χ0) is 17.3. The van der Waals surface area contributed by atoms with Crippen LogP contribution in [0.3, 0.4) is 0 Å². The van der Waals surface area contributed by atoms with Crippen LogP contribution in [0, 0.1) is 12.7 Å². The van der Waals surface area contributed by atoms with Gasteiger partial charge in [-0.3, -0.25) is 4.79 Å². The highest BCUT2D eigenvalue weighted by Gasteiger charge is 2.32. The first-order chi connectivity index (χ1) is 11.4. The molecule has 3 rings (SSSR count).